The zero-order chi connectivity index (χ0) is 19.3. The van der Waals surface area contributed by atoms with Crippen LogP contribution in [0, 0.1) is 11.3 Å². The highest BCUT2D eigenvalue weighted by Gasteiger charge is 2.33. The largest absolute Gasteiger partial charge is 0.482 e. The summed E-state index contributed by atoms with van der Waals surface area (Å²) in [5.74, 6) is -1.05. The molecule has 0 saturated carbocycles. The molecule has 1 aliphatic rings. The lowest BCUT2D eigenvalue weighted by atomic mass is 9.91. The molecule has 7 heteroatoms. The molecular formula is C19H26N2O5. The molecule has 0 aromatic heterocycles. The molecule has 1 unspecified atom stereocenters. The van der Waals surface area contributed by atoms with Crippen molar-refractivity contribution in [3.8, 4) is 5.75 Å². The minimum atomic E-state index is -1.06. The summed E-state index contributed by atoms with van der Waals surface area (Å²) in [6.45, 7) is 6.28. The first-order valence-corrected chi connectivity index (χ1v) is 8.71. The van der Waals surface area contributed by atoms with Crippen LogP contribution in [0.15, 0.2) is 24.3 Å². The Kier molecular flexibility index (Phi) is 6.23. The molecule has 7 nitrogen and oxygen atoms in total. The van der Waals surface area contributed by atoms with E-state index in [1.165, 1.54) is 0 Å². The van der Waals surface area contributed by atoms with Crippen molar-refractivity contribution in [3.05, 3.63) is 24.3 Å². The fourth-order valence-electron chi connectivity index (χ4n) is 2.90. The van der Waals surface area contributed by atoms with E-state index in [0.29, 0.717) is 24.5 Å². The number of likely N-dealkylation sites (tertiary alicyclic amines) is 1. The molecule has 1 heterocycles. The van der Waals surface area contributed by atoms with E-state index in [1.807, 2.05) is 20.8 Å². The van der Waals surface area contributed by atoms with Gasteiger partial charge in [0, 0.05) is 30.3 Å². The van der Waals surface area contributed by atoms with Gasteiger partial charge < -0.3 is 20.1 Å². The predicted molar refractivity (Wildman–Crippen MR) is 97.0 cm³/mol. The number of carbonyl (C=O) groups excluding carboxylic acids is 2. The Morgan fingerprint density at radius 2 is 2.04 bits per heavy atom. The van der Waals surface area contributed by atoms with Crippen LogP contribution in [0.4, 0.5) is 5.69 Å². The molecule has 26 heavy (non-hydrogen) atoms. The number of rotatable bonds is 5. The fraction of sp³-hybridized carbons (Fsp3) is 0.526. The minimum absolute atomic E-state index is 0.0547. The molecule has 1 fully saturated rings. The molecule has 2 N–H and O–H groups in total. The van der Waals surface area contributed by atoms with Crippen LogP contribution in [0.2, 0.25) is 0 Å². The van der Waals surface area contributed by atoms with Crippen LogP contribution >= 0.6 is 0 Å². The van der Waals surface area contributed by atoms with E-state index in [2.05, 4.69) is 5.32 Å². The van der Waals surface area contributed by atoms with Crippen molar-refractivity contribution in [2.75, 3.05) is 25.0 Å². The molecule has 1 aromatic carbocycles. The third-order valence-electron chi connectivity index (χ3n) is 4.18. The average molecular weight is 362 g/mol. The van der Waals surface area contributed by atoms with Crippen molar-refractivity contribution in [1.82, 2.24) is 4.90 Å². The van der Waals surface area contributed by atoms with Gasteiger partial charge in [0.2, 0.25) is 11.8 Å². The van der Waals surface area contributed by atoms with Crippen LogP contribution in [0.25, 0.3) is 0 Å². The standard InChI is InChI=1S/C19H26N2O5/c1-19(2,3)18(25)21-9-5-6-13(11-21)17(24)20-14-7-4-8-15(10-14)26-12-16(22)23/h4,7-8,10,13H,5-6,9,11-12H2,1-3H3,(H,20,24)(H,22,23). The van der Waals surface area contributed by atoms with Gasteiger partial charge in [-0.05, 0) is 25.0 Å². The molecule has 142 valence electrons. The molecule has 2 rings (SSSR count). The summed E-state index contributed by atoms with van der Waals surface area (Å²) in [4.78, 5) is 37.4. The van der Waals surface area contributed by atoms with Crippen molar-refractivity contribution < 1.29 is 24.2 Å². The normalized spacial score (nSPS) is 17.5. The van der Waals surface area contributed by atoms with Crippen molar-refractivity contribution >= 4 is 23.5 Å². The Bertz CT molecular complexity index is 681. The molecule has 0 radical (unpaired) electrons. The number of benzene rings is 1. The Morgan fingerprint density at radius 1 is 1.31 bits per heavy atom. The van der Waals surface area contributed by atoms with Crippen LogP contribution in [0.3, 0.4) is 0 Å². The lowest BCUT2D eigenvalue weighted by molar-refractivity contribution is -0.142. The first-order chi connectivity index (χ1) is 12.2. The Morgan fingerprint density at radius 3 is 2.69 bits per heavy atom. The number of anilines is 1. The number of aliphatic carboxylic acids is 1. The maximum absolute atomic E-state index is 12.6. The summed E-state index contributed by atoms with van der Waals surface area (Å²) in [5, 5.41) is 11.5. The molecule has 0 spiro atoms. The Balaban J connectivity index is 1.98. The van der Waals surface area contributed by atoms with E-state index in [9.17, 15) is 14.4 Å². The zero-order valence-electron chi connectivity index (χ0n) is 15.4. The summed E-state index contributed by atoms with van der Waals surface area (Å²) in [7, 11) is 0. The third-order valence-corrected chi connectivity index (χ3v) is 4.18. The quantitative estimate of drug-likeness (QED) is 0.838. The monoisotopic (exact) mass is 362 g/mol. The van der Waals surface area contributed by atoms with Gasteiger partial charge in [0.25, 0.3) is 0 Å². The second-order valence-electron chi connectivity index (χ2n) is 7.54. The number of hydrogen-bond acceptors (Lipinski definition) is 4. The minimum Gasteiger partial charge on any atom is -0.482 e. The van der Waals surface area contributed by atoms with Crippen molar-refractivity contribution in [2.24, 2.45) is 11.3 Å². The van der Waals surface area contributed by atoms with Crippen molar-refractivity contribution in [2.45, 2.75) is 33.6 Å². The number of carbonyl (C=O) groups is 3. The number of amides is 2. The summed E-state index contributed by atoms with van der Waals surface area (Å²) in [5.41, 5.74) is 0.0749. The number of piperidine rings is 1. The molecular weight excluding hydrogens is 336 g/mol. The first-order valence-electron chi connectivity index (χ1n) is 8.71. The van der Waals surface area contributed by atoms with Crippen LogP contribution in [0.1, 0.15) is 33.6 Å². The Labute approximate surface area is 153 Å². The van der Waals surface area contributed by atoms with Crippen LogP contribution in [0.5, 0.6) is 5.75 Å². The van der Waals surface area contributed by atoms with Gasteiger partial charge in [-0.2, -0.15) is 0 Å². The maximum Gasteiger partial charge on any atom is 0.341 e. The van der Waals surface area contributed by atoms with E-state index in [-0.39, 0.29) is 17.7 Å². The van der Waals surface area contributed by atoms with E-state index < -0.39 is 18.0 Å². The highest BCUT2D eigenvalue weighted by molar-refractivity contribution is 5.93. The van der Waals surface area contributed by atoms with Gasteiger partial charge in [-0.1, -0.05) is 26.8 Å². The number of carboxylic acids is 1. The van der Waals surface area contributed by atoms with Gasteiger partial charge >= 0.3 is 5.97 Å². The second-order valence-corrected chi connectivity index (χ2v) is 7.54. The lowest BCUT2D eigenvalue weighted by Crippen LogP contribution is -2.47. The summed E-state index contributed by atoms with van der Waals surface area (Å²) in [6, 6.07) is 6.61. The zero-order valence-corrected chi connectivity index (χ0v) is 15.4. The summed E-state index contributed by atoms with van der Waals surface area (Å²) < 4.78 is 5.12. The molecule has 0 bridgehead atoms. The summed E-state index contributed by atoms with van der Waals surface area (Å²) in [6.07, 6.45) is 1.52. The van der Waals surface area contributed by atoms with Crippen LogP contribution in [-0.2, 0) is 14.4 Å². The van der Waals surface area contributed by atoms with Gasteiger partial charge in [-0.25, -0.2) is 4.79 Å². The number of ether oxygens (including phenoxy) is 1. The van der Waals surface area contributed by atoms with Gasteiger partial charge in [-0.15, -0.1) is 0 Å². The van der Waals surface area contributed by atoms with Crippen molar-refractivity contribution in [1.29, 1.82) is 0 Å². The van der Waals surface area contributed by atoms with E-state index in [1.54, 1.807) is 29.2 Å². The topological polar surface area (TPSA) is 95.9 Å². The van der Waals surface area contributed by atoms with Gasteiger partial charge in [0.1, 0.15) is 5.75 Å². The van der Waals surface area contributed by atoms with Gasteiger partial charge in [-0.3, -0.25) is 9.59 Å². The number of carboxylic acid groups (broad SMARTS) is 1. The van der Waals surface area contributed by atoms with Gasteiger partial charge in [0.05, 0.1) is 5.92 Å². The first kappa shape index (κ1) is 19.8. The van der Waals surface area contributed by atoms with E-state index in [4.69, 9.17) is 9.84 Å². The van der Waals surface area contributed by atoms with Crippen LogP contribution < -0.4 is 10.1 Å². The highest BCUT2D eigenvalue weighted by atomic mass is 16.5. The summed E-state index contributed by atoms with van der Waals surface area (Å²) >= 11 is 0. The SMILES string of the molecule is CC(C)(C)C(=O)N1CCCC(C(=O)Nc2cccc(OCC(=O)O)c2)C1. The van der Waals surface area contributed by atoms with Gasteiger partial charge in [0.15, 0.2) is 6.61 Å². The van der Waals surface area contributed by atoms with Crippen LogP contribution in [-0.4, -0.2) is 47.5 Å². The fourth-order valence-corrected chi connectivity index (χ4v) is 2.90. The molecule has 1 aromatic rings. The average Bonchev–Trinajstić information content (AvgIpc) is 2.59. The molecule has 1 saturated heterocycles. The number of hydrogen-bond donors (Lipinski definition) is 2. The molecule has 1 aliphatic heterocycles. The lowest BCUT2D eigenvalue weighted by Gasteiger charge is -2.35. The highest BCUT2D eigenvalue weighted by Crippen LogP contribution is 2.25. The Hall–Kier alpha value is -2.57. The number of nitrogens with zero attached hydrogens (tertiary/aromatic N) is 1. The maximum atomic E-state index is 12.6. The van der Waals surface area contributed by atoms with E-state index >= 15 is 0 Å². The van der Waals surface area contributed by atoms with E-state index in [0.717, 1.165) is 12.8 Å². The number of nitrogens with one attached hydrogen (secondary N) is 1. The van der Waals surface area contributed by atoms with Crippen molar-refractivity contribution in [3.63, 3.8) is 0 Å². The second kappa shape index (κ2) is 8.21. The molecule has 1 atom stereocenters. The molecule has 0 aliphatic carbocycles. The molecule has 2 amide bonds. The third kappa shape index (κ3) is 5.47. The predicted octanol–water partition coefficient (Wildman–Crippen LogP) is 2.37. The smallest absolute Gasteiger partial charge is 0.341 e.